The quantitative estimate of drug-likeness (QED) is 0.438. The van der Waals surface area contributed by atoms with E-state index in [1.807, 2.05) is 26.0 Å². The number of rotatable bonds is 3. The summed E-state index contributed by atoms with van der Waals surface area (Å²) in [7, 11) is 1.56. The SMILES string of the molecule is C=C(C)C(=O)O[C@H]1C/C(C)=C\[C@@]2(OC)C=C(C)[C@H](O2)[C@H]2OC(=O)C(=C)C12. The van der Waals surface area contributed by atoms with E-state index in [1.165, 1.54) is 0 Å². The van der Waals surface area contributed by atoms with Crippen LogP contribution >= 0.6 is 0 Å². The Kier molecular flexibility index (Phi) is 4.67. The number of carbonyl (C=O) groups excluding carboxylic acids is 2. The molecule has 0 saturated carbocycles. The highest BCUT2D eigenvalue weighted by atomic mass is 16.7. The molecule has 0 aromatic carbocycles. The van der Waals surface area contributed by atoms with E-state index >= 15 is 0 Å². The third-order valence-corrected chi connectivity index (χ3v) is 5.05. The topological polar surface area (TPSA) is 71.1 Å². The van der Waals surface area contributed by atoms with Gasteiger partial charge < -0.3 is 18.9 Å². The molecule has 0 aromatic heterocycles. The number of hydrogen-bond acceptors (Lipinski definition) is 6. The number of fused-ring (bicyclic) bond motifs is 4. The van der Waals surface area contributed by atoms with Crippen molar-refractivity contribution in [2.45, 2.75) is 51.3 Å². The first-order valence-electron chi connectivity index (χ1n) is 8.54. The van der Waals surface area contributed by atoms with E-state index in [1.54, 1.807) is 14.0 Å². The van der Waals surface area contributed by atoms with Crippen LogP contribution in [0.2, 0.25) is 0 Å². The Hall–Kier alpha value is -2.18. The summed E-state index contributed by atoms with van der Waals surface area (Å²) in [6, 6.07) is 0. The van der Waals surface area contributed by atoms with Gasteiger partial charge in [-0.15, -0.1) is 0 Å². The molecule has 3 rings (SSSR count). The normalized spacial score (nSPS) is 38.2. The van der Waals surface area contributed by atoms with Crippen molar-refractivity contribution in [3.05, 3.63) is 47.6 Å². The zero-order valence-electron chi connectivity index (χ0n) is 15.5. The number of esters is 2. The van der Waals surface area contributed by atoms with E-state index in [0.717, 1.165) is 11.1 Å². The van der Waals surface area contributed by atoms with E-state index in [-0.39, 0.29) is 5.57 Å². The molecule has 0 N–H and O–H groups in total. The maximum absolute atomic E-state index is 12.2. The van der Waals surface area contributed by atoms with Crippen molar-refractivity contribution in [1.82, 2.24) is 0 Å². The minimum absolute atomic E-state index is 0.288. The van der Waals surface area contributed by atoms with Crippen LogP contribution in [0.25, 0.3) is 0 Å². The lowest BCUT2D eigenvalue weighted by Gasteiger charge is -2.30. The molecule has 2 bridgehead atoms. The highest BCUT2D eigenvalue weighted by molar-refractivity contribution is 5.91. The lowest BCUT2D eigenvalue weighted by molar-refractivity contribution is -0.189. The molecular formula is C20H24O6. The molecule has 0 aliphatic carbocycles. The van der Waals surface area contributed by atoms with Gasteiger partial charge in [0.15, 0.2) is 0 Å². The molecule has 0 radical (unpaired) electrons. The fraction of sp³-hybridized carbons (Fsp3) is 0.500. The molecule has 3 aliphatic rings. The molecule has 1 saturated heterocycles. The predicted molar refractivity (Wildman–Crippen MR) is 93.9 cm³/mol. The highest BCUT2D eigenvalue weighted by Crippen LogP contribution is 2.44. The molecule has 3 heterocycles. The van der Waals surface area contributed by atoms with Crippen LogP contribution in [0.5, 0.6) is 0 Å². The van der Waals surface area contributed by atoms with E-state index in [0.29, 0.717) is 12.0 Å². The lowest BCUT2D eigenvalue weighted by atomic mass is 9.83. The molecule has 0 amide bonds. The fourth-order valence-corrected chi connectivity index (χ4v) is 3.79. The highest BCUT2D eigenvalue weighted by Gasteiger charge is 2.54. The van der Waals surface area contributed by atoms with E-state index < -0.39 is 42.0 Å². The Labute approximate surface area is 153 Å². The van der Waals surface area contributed by atoms with Crippen LogP contribution in [0.3, 0.4) is 0 Å². The molecule has 6 heteroatoms. The summed E-state index contributed by atoms with van der Waals surface area (Å²) < 4.78 is 23.0. The lowest BCUT2D eigenvalue weighted by Crippen LogP contribution is -2.41. The van der Waals surface area contributed by atoms with Crippen LogP contribution < -0.4 is 0 Å². The monoisotopic (exact) mass is 360 g/mol. The molecular weight excluding hydrogens is 336 g/mol. The van der Waals surface area contributed by atoms with Crippen molar-refractivity contribution in [3.63, 3.8) is 0 Å². The Morgan fingerprint density at radius 1 is 1.35 bits per heavy atom. The summed E-state index contributed by atoms with van der Waals surface area (Å²) in [5.74, 6) is -2.53. The van der Waals surface area contributed by atoms with Crippen LogP contribution in [0.15, 0.2) is 47.6 Å². The summed E-state index contributed by atoms with van der Waals surface area (Å²) in [5, 5.41) is 0. The molecule has 6 nitrogen and oxygen atoms in total. The van der Waals surface area contributed by atoms with Crippen molar-refractivity contribution in [2.24, 2.45) is 5.92 Å². The number of hydrogen-bond donors (Lipinski definition) is 0. The van der Waals surface area contributed by atoms with Gasteiger partial charge >= 0.3 is 11.9 Å². The van der Waals surface area contributed by atoms with Crippen molar-refractivity contribution in [3.8, 4) is 0 Å². The van der Waals surface area contributed by atoms with Crippen LogP contribution in [0, 0.1) is 5.92 Å². The molecule has 5 atom stereocenters. The molecule has 1 unspecified atom stereocenters. The van der Waals surface area contributed by atoms with Crippen LogP contribution in [-0.2, 0) is 28.5 Å². The zero-order valence-corrected chi connectivity index (χ0v) is 15.5. The largest absolute Gasteiger partial charge is 0.458 e. The first kappa shape index (κ1) is 18.6. The molecule has 26 heavy (non-hydrogen) atoms. The van der Waals surface area contributed by atoms with Gasteiger partial charge in [0.05, 0.1) is 5.92 Å². The third-order valence-electron chi connectivity index (χ3n) is 5.05. The minimum Gasteiger partial charge on any atom is -0.458 e. The van der Waals surface area contributed by atoms with Crippen molar-refractivity contribution < 1.29 is 28.5 Å². The third kappa shape index (κ3) is 3.04. The molecule has 0 aromatic rings. The average molecular weight is 360 g/mol. The van der Waals surface area contributed by atoms with Gasteiger partial charge in [0.25, 0.3) is 0 Å². The maximum Gasteiger partial charge on any atom is 0.334 e. The Morgan fingerprint density at radius 3 is 2.65 bits per heavy atom. The van der Waals surface area contributed by atoms with Crippen LogP contribution in [0.4, 0.5) is 0 Å². The Bertz CT molecular complexity index is 745. The van der Waals surface area contributed by atoms with Gasteiger partial charge in [-0.2, -0.15) is 0 Å². The van der Waals surface area contributed by atoms with Crippen molar-refractivity contribution in [2.75, 3.05) is 7.11 Å². The van der Waals surface area contributed by atoms with Gasteiger partial charge in [-0.1, -0.05) is 18.7 Å². The second kappa shape index (κ2) is 6.52. The Balaban J connectivity index is 2.06. The van der Waals surface area contributed by atoms with Gasteiger partial charge in [0.2, 0.25) is 5.79 Å². The van der Waals surface area contributed by atoms with Crippen LogP contribution in [0.1, 0.15) is 27.2 Å². The van der Waals surface area contributed by atoms with Gasteiger partial charge in [0.1, 0.15) is 18.3 Å². The van der Waals surface area contributed by atoms with Gasteiger partial charge in [-0.3, -0.25) is 0 Å². The minimum atomic E-state index is -1.02. The van der Waals surface area contributed by atoms with Gasteiger partial charge in [-0.05, 0) is 38.5 Å². The van der Waals surface area contributed by atoms with Crippen molar-refractivity contribution in [1.29, 1.82) is 0 Å². The Morgan fingerprint density at radius 2 is 2.04 bits per heavy atom. The molecule has 1 fully saturated rings. The molecule has 3 aliphatic heterocycles. The molecule has 140 valence electrons. The van der Waals surface area contributed by atoms with Gasteiger partial charge in [0, 0.05) is 24.7 Å². The zero-order chi connectivity index (χ0) is 19.2. The van der Waals surface area contributed by atoms with Crippen molar-refractivity contribution >= 4 is 11.9 Å². The number of ether oxygens (including phenoxy) is 4. The summed E-state index contributed by atoms with van der Waals surface area (Å²) in [5.41, 5.74) is 2.38. The number of methoxy groups -OCH3 is 1. The second-order valence-electron chi connectivity index (χ2n) is 7.19. The summed E-state index contributed by atoms with van der Waals surface area (Å²) >= 11 is 0. The first-order chi connectivity index (χ1) is 12.2. The summed E-state index contributed by atoms with van der Waals surface area (Å²) in [4.78, 5) is 24.4. The average Bonchev–Trinajstić information content (AvgIpc) is 3.04. The number of carbonyl (C=O) groups is 2. The first-order valence-corrected chi connectivity index (χ1v) is 8.54. The predicted octanol–water partition coefficient (Wildman–Crippen LogP) is 2.61. The van der Waals surface area contributed by atoms with E-state index in [2.05, 4.69) is 13.2 Å². The standard InChI is InChI=1S/C20H24O6/c1-10(2)18(21)24-14-7-11(3)8-20(23-6)9-12(4)16(26-20)17-15(14)13(5)19(22)25-17/h8-9,14-17H,1,5,7H2,2-4,6H3/b11-8-/t14-,15?,16-,17-,20-/m0/s1. The summed E-state index contributed by atoms with van der Waals surface area (Å²) in [6.07, 6.45) is 2.41. The van der Waals surface area contributed by atoms with E-state index in [9.17, 15) is 9.59 Å². The summed E-state index contributed by atoms with van der Waals surface area (Å²) in [6.45, 7) is 12.9. The maximum atomic E-state index is 12.2. The van der Waals surface area contributed by atoms with Crippen LogP contribution in [-0.4, -0.2) is 43.1 Å². The fourth-order valence-electron chi connectivity index (χ4n) is 3.79. The van der Waals surface area contributed by atoms with Gasteiger partial charge in [-0.25, -0.2) is 9.59 Å². The smallest absolute Gasteiger partial charge is 0.334 e. The molecule has 0 spiro atoms. The van der Waals surface area contributed by atoms with E-state index in [4.69, 9.17) is 18.9 Å². The second-order valence-corrected chi connectivity index (χ2v) is 7.19.